The lowest BCUT2D eigenvalue weighted by Crippen LogP contribution is -2.07. The van der Waals surface area contributed by atoms with Gasteiger partial charge in [0, 0.05) is 24.8 Å². The first-order valence-corrected chi connectivity index (χ1v) is 7.26. The number of hydrogen-bond donors (Lipinski definition) is 0. The van der Waals surface area contributed by atoms with E-state index in [0.717, 1.165) is 0 Å². The summed E-state index contributed by atoms with van der Waals surface area (Å²) in [6.07, 6.45) is 0.0314. The number of nitrogens with zero attached hydrogens (tertiary/aromatic N) is 2. The molecule has 126 valence electrons. The smallest absolute Gasteiger partial charge is 0.281 e. The van der Waals surface area contributed by atoms with Gasteiger partial charge in [0.15, 0.2) is 5.76 Å². The fraction of sp³-hybridized carbons (Fsp3) is 0.312. The molecule has 8 nitrogen and oxygen atoms in total. The molecule has 0 N–H and O–H groups in total. The Morgan fingerprint density at radius 2 is 2.33 bits per heavy atom. The molecule has 0 spiro atoms. The fourth-order valence-corrected chi connectivity index (χ4v) is 2.24. The number of nitro benzene ring substituents is 1. The molecule has 1 aromatic carbocycles. The topological polar surface area (TPSA) is 100 Å². The number of epoxide rings is 1. The molecule has 1 aliphatic rings. The Kier molecular flexibility index (Phi) is 4.59. The van der Waals surface area contributed by atoms with E-state index in [9.17, 15) is 10.1 Å². The first-order valence-electron chi connectivity index (χ1n) is 7.26. The quantitative estimate of drug-likeness (QED) is 0.416. The van der Waals surface area contributed by atoms with Crippen LogP contribution in [0.2, 0.25) is 0 Å². The van der Waals surface area contributed by atoms with Gasteiger partial charge in [-0.3, -0.25) is 10.1 Å². The van der Waals surface area contributed by atoms with Crippen molar-refractivity contribution in [3.63, 3.8) is 0 Å². The molecule has 8 heteroatoms. The van der Waals surface area contributed by atoms with Crippen LogP contribution in [0.3, 0.4) is 0 Å². The van der Waals surface area contributed by atoms with Gasteiger partial charge in [-0.1, -0.05) is 17.8 Å². The minimum Gasteiger partial charge on any atom is -0.490 e. The van der Waals surface area contributed by atoms with Crippen molar-refractivity contribution in [3.8, 4) is 5.75 Å². The summed E-state index contributed by atoms with van der Waals surface area (Å²) in [6, 6.07) is 6.25. The molecule has 1 aromatic heterocycles. The Morgan fingerprint density at radius 1 is 1.54 bits per heavy atom. The third-order valence-corrected chi connectivity index (χ3v) is 3.48. The maximum Gasteiger partial charge on any atom is 0.281 e. The molecular formula is C16H16N2O6. The normalized spacial score (nSPS) is 16.0. The Balaban J connectivity index is 1.95. The van der Waals surface area contributed by atoms with E-state index in [1.807, 2.05) is 0 Å². The van der Waals surface area contributed by atoms with Gasteiger partial charge < -0.3 is 18.7 Å². The van der Waals surface area contributed by atoms with Crippen molar-refractivity contribution in [1.29, 1.82) is 0 Å². The molecule has 0 saturated carbocycles. The first-order chi connectivity index (χ1) is 11.6. The van der Waals surface area contributed by atoms with E-state index in [-0.39, 0.29) is 24.0 Å². The highest BCUT2D eigenvalue weighted by atomic mass is 16.6. The molecule has 1 fully saturated rings. The average molecular weight is 332 g/mol. The molecular weight excluding hydrogens is 316 g/mol. The predicted molar refractivity (Wildman–Crippen MR) is 83.7 cm³/mol. The Morgan fingerprint density at radius 3 is 3.00 bits per heavy atom. The molecule has 0 radical (unpaired) electrons. The van der Waals surface area contributed by atoms with Gasteiger partial charge in [-0.2, -0.15) is 0 Å². The van der Waals surface area contributed by atoms with Crippen molar-refractivity contribution in [3.05, 3.63) is 58.0 Å². The van der Waals surface area contributed by atoms with Gasteiger partial charge in [0.1, 0.15) is 29.7 Å². The van der Waals surface area contributed by atoms with E-state index in [4.69, 9.17) is 18.7 Å². The zero-order valence-electron chi connectivity index (χ0n) is 13.1. The Bertz CT molecular complexity index is 766. The third kappa shape index (κ3) is 3.44. The molecule has 0 amide bonds. The summed E-state index contributed by atoms with van der Waals surface area (Å²) < 4.78 is 21.0. The summed E-state index contributed by atoms with van der Waals surface area (Å²) in [5, 5.41) is 15.2. The van der Waals surface area contributed by atoms with Crippen LogP contribution in [-0.4, -0.2) is 36.5 Å². The molecule has 1 aliphatic heterocycles. The summed E-state index contributed by atoms with van der Waals surface area (Å²) >= 11 is 0. The number of aromatic nitrogens is 1. The molecule has 2 aromatic rings. The molecule has 1 saturated heterocycles. The van der Waals surface area contributed by atoms with Crippen LogP contribution in [0.25, 0.3) is 5.57 Å². The Hall–Kier alpha value is -2.71. The number of rotatable bonds is 8. The lowest BCUT2D eigenvalue weighted by molar-refractivity contribution is -0.385. The number of ether oxygens (including phenoxy) is 3. The van der Waals surface area contributed by atoms with Gasteiger partial charge >= 0.3 is 0 Å². The highest BCUT2D eigenvalue weighted by Gasteiger charge is 2.27. The fourth-order valence-electron chi connectivity index (χ4n) is 2.24. The summed E-state index contributed by atoms with van der Waals surface area (Å²) in [6.45, 7) is 5.16. The van der Waals surface area contributed by atoms with Crippen LogP contribution in [-0.2, 0) is 16.1 Å². The van der Waals surface area contributed by atoms with E-state index in [1.54, 1.807) is 18.2 Å². The average Bonchev–Trinajstić information content (AvgIpc) is 3.29. The number of methoxy groups -OCH3 is 1. The predicted octanol–water partition coefficient (Wildman–Crippen LogP) is 2.57. The molecule has 2 heterocycles. The Labute approximate surface area is 137 Å². The van der Waals surface area contributed by atoms with Crippen LogP contribution >= 0.6 is 0 Å². The van der Waals surface area contributed by atoms with E-state index < -0.39 is 4.92 Å². The molecule has 0 aliphatic carbocycles. The molecule has 1 unspecified atom stereocenters. The van der Waals surface area contributed by atoms with Gasteiger partial charge in [0.05, 0.1) is 18.1 Å². The second-order valence-electron chi connectivity index (χ2n) is 5.27. The van der Waals surface area contributed by atoms with Crippen LogP contribution < -0.4 is 4.74 Å². The molecule has 3 rings (SSSR count). The summed E-state index contributed by atoms with van der Waals surface area (Å²) in [7, 11) is 1.54. The van der Waals surface area contributed by atoms with Crippen LogP contribution in [0.5, 0.6) is 5.75 Å². The van der Waals surface area contributed by atoms with Crippen LogP contribution in [0.4, 0.5) is 5.69 Å². The number of benzene rings is 1. The van der Waals surface area contributed by atoms with Gasteiger partial charge in [-0.05, 0) is 6.07 Å². The van der Waals surface area contributed by atoms with Crippen molar-refractivity contribution in [2.75, 3.05) is 20.3 Å². The van der Waals surface area contributed by atoms with Crippen molar-refractivity contribution in [2.45, 2.75) is 12.7 Å². The first kappa shape index (κ1) is 16.2. The minimum atomic E-state index is -0.479. The van der Waals surface area contributed by atoms with Gasteiger partial charge in [0.25, 0.3) is 5.69 Å². The maximum atomic E-state index is 11.4. The van der Waals surface area contributed by atoms with Crippen molar-refractivity contribution in [1.82, 2.24) is 5.16 Å². The minimum absolute atomic E-state index is 0.0314. The molecule has 1 atom stereocenters. The van der Waals surface area contributed by atoms with E-state index in [1.165, 1.54) is 13.2 Å². The standard InChI is InChI=1S/C16H16N2O6/c1-10(15-6-11(7-21-2)17-24-15)16-13(18(19)20)4-3-5-14(16)23-9-12-8-22-12/h3-6,12H,1,7-9H2,2H3. The van der Waals surface area contributed by atoms with Gasteiger partial charge in [-0.15, -0.1) is 0 Å². The van der Waals surface area contributed by atoms with Crippen molar-refractivity contribution in [2.24, 2.45) is 0 Å². The van der Waals surface area contributed by atoms with E-state index in [0.29, 0.717) is 36.0 Å². The summed E-state index contributed by atoms with van der Waals surface area (Å²) in [4.78, 5) is 10.9. The highest BCUT2D eigenvalue weighted by Crippen LogP contribution is 2.37. The van der Waals surface area contributed by atoms with Gasteiger partial charge in [0.2, 0.25) is 0 Å². The second kappa shape index (κ2) is 6.81. The third-order valence-electron chi connectivity index (χ3n) is 3.48. The maximum absolute atomic E-state index is 11.4. The lowest BCUT2D eigenvalue weighted by atomic mass is 10.0. The van der Waals surface area contributed by atoms with E-state index >= 15 is 0 Å². The van der Waals surface area contributed by atoms with Crippen molar-refractivity contribution < 1.29 is 23.7 Å². The summed E-state index contributed by atoms with van der Waals surface area (Å²) in [5.41, 5.74) is 1.05. The van der Waals surface area contributed by atoms with Crippen molar-refractivity contribution >= 4 is 11.3 Å². The number of hydrogen-bond acceptors (Lipinski definition) is 7. The lowest BCUT2D eigenvalue weighted by Gasteiger charge is -2.11. The number of nitro groups is 1. The molecule has 24 heavy (non-hydrogen) atoms. The van der Waals surface area contributed by atoms with Crippen LogP contribution in [0.1, 0.15) is 17.0 Å². The highest BCUT2D eigenvalue weighted by molar-refractivity contribution is 5.84. The monoisotopic (exact) mass is 332 g/mol. The SMILES string of the molecule is C=C(c1cc(COC)no1)c1c(OCC2CO2)cccc1[N+](=O)[O-]. The summed E-state index contributed by atoms with van der Waals surface area (Å²) in [5.74, 6) is 0.679. The second-order valence-corrected chi connectivity index (χ2v) is 5.27. The largest absolute Gasteiger partial charge is 0.490 e. The zero-order chi connectivity index (χ0) is 17.1. The molecule has 0 bridgehead atoms. The van der Waals surface area contributed by atoms with Crippen LogP contribution in [0.15, 0.2) is 35.4 Å². The zero-order valence-corrected chi connectivity index (χ0v) is 13.1. The van der Waals surface area contributed by atoms with Crippen LogP contribution in [0, 0.1) is 10.1 Å². The van der Waals surface area contributed by atoms with Gasteiger partial charge in [-0.25, -0.2) is 0 Å². The van der Waals surface area contributed by atoms with E-state index in [2.05, 4.69) is 11.7 Å².